The Morgan fingerprint density at radius 2 is 2.14 bits per heavy atom. The lowest BCUT2D eigenvalue weighted by molar-refractivity contribution is -0.384. The molecule has 0 aliphatic heterocycles. The number of aromatic nitrogens is 2. The van der Waals surface area contributed by atoms with Crippen molar-refractivity contribution in [1.82, 2.24) is 9.97 Å². The Bertz CT molecular complexity index is 861. The molecular weight excluding hydrogens is 318 g/mol. The van der Waals surface area contributed by atoms with Gasteiger partial charge in [0.2, 0.25) is 0 Å². The maximum absolute atomic E-state index is 10.8. The minimum absolute atomic E-state index is 0.119. The maximum atomic E-state index is 10.8. The summed E-state index contributed by atoms with van der Waals surface area (Å²) in [4.78, 5) is 21.4. The smallest absolute Gasteiger partial charge is 0.258 e. The van der Waals surface area contributed by atoms with E-state index in [4.69, 9.17) is 0 Å². The molecule has 0 aliphatic rings. The Balaban J connectivity index is 1.88. The zero-order chi connectivity index (χ0) is 15.7. The van der Waals surface area contributed by atoms with Crippen LogP contribution >= 0.6 is 23.1 Å². The average Bonchev–Trinajstić information content (AvgIpc) is 2.81. The molecule has 0 spiro atoms. The third kappa shape index (κ3) is 2.82. The Morgan fingerprint density at radius 1 is 1.32 bits per heavy atom. The quantitative estimate of drug-likeness (QED) is 0.304. The van der Waals surface area contributed by atoms with Crippen molar-refractivity contribution in [2.45, 2.75) is 24.6 Å². The van der Waals surface area contributed by atoms with Gasteiger partial charge in [-0.2, -0.15) is 0 Å². The van der Waals surface area contributed by atoms with Gasteiger partial charge in [0.25, 0.3) is 5.69 Å². The Hall–Kier alpha value is -1.99. The zero-order valence-corrected chi connectivity index (χ0v) is 13.7. The van der Waals surface area contributed by atoms with E-state index in [1.165, 1.54) is 16.5 Å². The molecule has 0 aliphatic carbocycles. The first kappa shape index (κ1) is 14.9. The monoisotopic (exact) mass is 331 g/mol. The predicted octanol–water partition coefficient (Wildman–Crippen LogP) is 4.51. The highest BCUT2D eigenvalue weighted by molar-refractivity contribution is 7.98. The van der Waals surface area contributed by atoms with Crippen LogP contribution in [0.15, 0.2) is 35.6 Å². The molecule has 0 saturated heterocycles. The molecule has 2 heterocycles. The van der Waals surface area contributed by atoms with E-state index in [9.17, 15) is 10.1 Å². The standard InChI is InChI=1S/C15H13N3O2S2/c1-9-10(2)22-15-13(9)14(16-8-17-15)21-7-11-4-3-5-12(6-11)18(19)20/h3-6,8H,7H2,1-2H3. The van der Waals surface area contributed by atoms with Gasteiger partial charge >= 0.3 is 0 Å². The van der Waals surface area contributed by atoms with Crippen LogP contribution in [0.1, 0.15) is 16.0 Å². The lowest BCUT2D eigenvalue weighted by Gasteiger charge is -2.03. The Kier molecular flexibility index (Phi) is 4.08. The van der Waals surface area contributed by atoms with Crippen molar-refractivity contribution in [3.05, 3.63) is 56.7 Å². The fraction of sp³-hybridized carbons (Fsp3) is 0.200. The first-order valence-corrected chi connectivity index (χ1v) is 8.43. The highest BCUT2D eigenvalue weighted by Gasteiger charge is 2.13. The molecule has 0 atom stereocenters. The van der Waals surface area contributed by atoms with Gasteiger partial charge in [-0.25, -0.2) is 9.97 Å². The van der Waals surface area contributed by atoms with Crippen LogP contribution in [0.25, 0.3) is 10.2 Å². The summed E-state index contributed by atoms with van der Waals surface area (Å²) < 4.78 is 0. The summed E-state index contributed by atoms with van der Waals surface area (Å²) in [6.45, 7) is 4.16. The summed E-state index contributed by atoms with van der Waals surface area (Å²) in [6, 6.07) is 6.72. The number of thioether (sulfide) groups is 1. The lowest BCUT2D eigenvalue weighted by Crippen LogP contribution is -1.90. The summed E-state index contributed by atoms with van der Waals surface area (Å²) in [5.41, 5.74) is 2.24. The second kappa shape index (κ2) is 6.02. The van der Waals surface area contributed by atoms with Crippen LogP contribution in [0.2, 0.25) is 0 Å². The fourth-order valence-electron chi connectivity index (χ4n) is 2.17. The molecule has 3 rings (SSSR count). The van der Waals surface area contributed by atoms with E-state index in [2.05, 4.69) is 23.8 Å². The largest absolute Gasteiger partial charge is 0.269 e. The van der Waals surface area contributed by atoms with E-state index in [-0.39, 0.29) is 10.6 Å². The average molecular weight is 331 g/mol. The molecule has 3 aromatic rings. The molecule has 0 amide bonds. The zero-order valence-electron chi connectivity index (χ0n) is 12.1. The van der Waals surface area contributed by atoms with Crippen molar-refractivity contribution < 1.29 is 4.92 Å². The number of nitrogens with zero attached hydrogens (tertiary/aromatic N) is 3. The maximum Gasteiger partial charge on any atom is 0.269 e. The van der Waals surface area contributed by atoms with Crippen LogP contribution in [0, 0.1) is 24.0 Å². The van der Waals surface area contributed by atoms with E-state index in [1.807, 2.05) is 6.07 Å². The van der Waals surface area contributed by atoms with Gasteiger partial charge in [0.05, 0.1) is 4.92 Å². The Morgan fingerprint density at radius 3 is 2.91 bits per heavy atom. The number of hydrogen-bond acceptors (Lipinski definition) is 6. The molecule has 0 unspecified atom stereocenters. The molecule has 7 heteroatoms. The summed E-state index contributed by atoms with van der Waals surface area (Å²) in [7, 11) is 0. The van der Waals surface area contributed by atoms with E-state index in [1.54, 1.807) is 41.6 Å². The number of non-ortho nitro benzene ring substituents is 1. The molecule has 2 aromatic heterocycles. The predicted molar refractivity (Wildman–Crippen MR) is 89.5 cm³/mol. The van der Waals surface area contributed by atoms with Crippen LogP contribution in [0.3, 0.4) is 0 Å². The van der Waals surface area contributed by atoms with Crippen LogP contribution < -0.4 is 0 Å². The molecule has 0 N–H and O–H groups in total. The van der Waals surface area contributed by atoms with Crippen molar-refractivity contribution in [2.24, 2.45) is 0 Å². The van der Waals surface area contributed by atoms with E-state index >= 15 is 0 Å². The third-order valence-corrected chi connectivity index (χ3v) is 5.60. The van der Waals surface area contributed by atoms with Gasteiger partial charge in [0, 0.05) is 28.1 Å². The van der Waals surface area contributed by atoms with Crippen molar-refractivity contribution in [1.29, 1.82) is 0 Å². The van der Waals surface area contributed by atoms with Crippen molar-refractivity contribution in [3.63, 3.8) is 0 Å². The Labute approximate surface area is 135 Å². The first-order chi connectivity index (χ1) is 10.6. The number of nitro benzene ring substituents is 1. The number of thiophene rings is 1. The van der Waals surface area contributed by atoms with Gasteiger partial charge in [0.15, 0.2) is 0 Å². The molecule has 22 heavy (non-hydrogen) atoms. The van der Waals surface area contributed by atoms with Crippen LogP contribution in [0.5, 0.6) is 0 Å². The van der Waals surface area contributed by atoms with Crippen LogP contribution in [-0.4, -0.2) is 14.9 Å². The van der Waals surface area contributed by atoms with Gasteiger partial charge in [-0.15, -0.1) is 23.1 Å². The van der Waals surface area contributed by atoms with Crippen molar-refractivity contribution in [3.8, 4) is 0 Å². The molecule has 1 aromatic carbocycles. The minimum atomic E-state index is -0.372. The van der Waals surface area contributed by atoms with E-state index in [0.29, 0.717) is 5.75 Å². The van der Waals surface area contributed by atoms with Gasteiger partial charge in [-0.05, 0) is 25.0 Å². The van der Waals surface area contributed by atoms with Crippen LogP contribution in [-0.2, 0) is 5.75 Å². The van der Waals surface area contributed by atoms with Crippen molar-refractivity contribution in [2.75, 3.05) is 0 Å². The lowest BCUT2D eigenvalue weighted by atomic mass is 10.2. The topological polar surface area (TPSA) is 68.9 Å². The highest BCUT2D eigenvalue weighted by atomic mass is 32.2. The summed E-state index contributed by atoms with van der Waals surface area (Å²) in [6.07, 6.45) is 1.58. The number of fused-ring (bicyclic) bond motifs is 1. The van der Waals surface area contributed by atoms with Gasteiger partial charge in [-0.1, -0.05) is 12.1 Å². The fourth-order valence-corrected chi connectivity index (χ4v) is 4.23. The second-order valence-corrected chi connectivity index (χ2v) is 7.03. The number of hydrogen-bond donors (Lipinski definition) is 0. The molecule has 5 nitrogen and oxygen atoms in total. The molecule has 0 radical (unpaired) electrons. The molecular formula is C15H13N3O2S2. The molecule has 112 valence electrons. The molecule has 0 bridgehead atoms. The van der Waals surface area contributed by atoms with E-state index < -0.39 is 0 Å². The highest BCUT2D eigenvalue weighted by Crippen LogP contribution is 2.35. The van der Waals surface area contributed by atoms with Gasteiger partial charge < -0.3 is 0 Å². The number of rotatable bonds is 4. The summed E-state index contributed by atoms with van der Waals surface area (Å²) in [5.74, 6) is 0.641. The van der Waals surface area contributed by atoms with Crippen LogP contribution in [0.4, 0.5) is 5.69 Å². The SMILES string of the molecule is Cc1sc2ncnc(SCc3cccc([N+](=O)[O-])c3)c2c1C. The molecule has 0 fully saturated rings. The second-order valence-electron chi connectivity index (χ2n) is 4.86. The van der Waals surface area contributed by atoms with E-state index in [0.717, 1.165) is 20.8 Å². The van der Waals surface area contributed by atoms with Gasteiger partial charge in [0.1, 0.15) is 16.2 Å². The molecule has 0 saturated carbocycles. The summed E-state index contributed by atoms with van der Waals surface area (Å²) in [5, 5.41) is 12.9. The van der Waals surface area contributed by atoms with Crippen molar-refractivity contribution >= 4 is 39.0 Å². The number of aryl methyl sites for hydroxylation is 2. The number of nitro groups is 1. The minimum Gasteiger partial charge on any atom is -0.258 e. The third-order valence-electron chi connectivity index (χ3n) is 3.43. The summed E-state index contributed by atoms with van der Waals surface area (Å²) >= 11 is 3.25. The first-order valence-electron chi connectivity index (χ1n) is 6.63. The normalized spacial score (nSPS) is 11.0. The number of benzene rings is 1. The van der Waals surface area contributed by atoms with Gasteiger partial charge in [-0.3, -0.25) is 10.1 Å².